The van der Waals surface area contributed by atoms with Crippen LogP contribution in [0.25, 0.3) is 6.08 Å². The van der Waals surface area contributed by atoms with Crippen molar-refractivity contribution in [2.45, 2.75) is 0 Å². The van der Waals surface area contributed by atoms with Crippen LogP contribution in [0.5, 0.6) is 11.5 Å². The lowest BCUT2D eigenvalue weighted by molar-refractivity contribution is -0.111. The molecule has 124 valence electrons. The summed E-state index contributed by atoms with van der Waals surface area (Å²) in [7, 11) is 3.12. The Hall–Kier alpha value is -3.28. The van der Waals surface area contributed by atoms with Crippen LogP contribution in [0.3, 0.4) is 0 Å². The molecular formula is C18H18N2O4. The van der Waals surface area contributed by atoms with Gasteiger partial charge in [-0.05, 0) is 42.5 Å². The largest absolute Gasteiger partial charge is 0.497 e. The summed E-state index contributed by atoms with van der Waals surface area (Å²) in [6.07, 6.45) is 3.04. The maximum absolute atomic E-state index is 12.0. The van der Waals surface area contributed by atoms with Gasteiger partial charge < -0.3 is 20.5 Å². The molecule has 6 nitrogen and oxygen atoms in total. The molecule has 0 saturated heterocycles. The van der Waals surface area contributed by atoms with Crippen LogP contribution < -0.4 is 20.5 Å². The zero-order chi connectivity index (χ0) is 17.5. The van der Waals surface area contributed by atoms with Gasteiger partial charge in [-0.1, -0.05) is 0 Å². The van der Waals surface area contributed by atoms with E-state index in [-0.39, 0.29) is 5.91 Å². The average molecular weight is 326 g/mol. The Balaban J connectivity index is 2.06. The highest BCUT2D eigenvalue weighted by molar-refractivity contribution is 6.02. The number of nitrogens with two attached hydrogens (primary N) is 1. The number of primary amides is 1. The molecule has 2 aromatic carbocycles. The van der Waals surface area contributed by atoms with E-state index in [1.807, 2.05) is 0 Å². The molecule has 0 heterocycles. The summed E-state index contributed by atoms with van der Waals surface area (Å²) in [4.78, 5) is 23.0. The minimum absolute atomic E-state index is 0.306. The number of nitrogens with one attached hydrogen (secondary N) is 1. The van der Waals surface area contributed by atoms with Crippen molar-refractivity contribution < 1.29 is 19.1 Å². The topological polar surface area (TPSA) is 90.6 Å². The second-order valence-corrected chi connectivity index (χ2v) is 4.87. The van der Waals surface area contributed by atoms with E-state index in [4.69, 9.17) is 15.2 Å². The number of amides is 2. The first-order valence-electron chi connectivity index (χ1n) is 7.14. The number of benzene rings is 2. The fraction of sp³-hybridized carbons (Fsp3) is 0.111. The molecule has 0 atom stereocenters. The van der Waals surface area contributed by atoms with Crippen LogP contribution >= 0.6 is 0 Å². The van der Waals surface area contributed by atoms with Gasteiger partial charge in [0, 0.05) is 29.0 Å². The average Bonchev–Trinajstić information content (AvgIpc) is 2.60. The lowest BCUT2D eigenvalue weighted by Crippen LogP contribution is -2.11. The van der Waals surface area contributed by atoms with E-state index >= 15 is 0 Å². The molecule has 0 aliphatic carbocycles. The molecule has 0 fully saturated rings. The van der Waals surface area contributed by atoms with Gasteiger partial charge in [-0.2, -0.15) is 0 Å². The first-order chi connectivity index (χ1) is 11.5. The van der Waals surface area contributed by atoms with Crippen molar-refractivity contribution in [2.75, 3.05) is 19.5 Å². The molecule has 0 saturated carbocycles. The minimum Gasteiger partial charge on any atom is -0.497 e. The van der Waals surface area contributed by atoms with Gasteiger partial charge in [-0.15, -0.1) is 0 Å². The highest BCUT2D eigenvalue weighted by atomic mass is 16.5. The Bertz CT molecular complexity index is 767. The van der Waals surface area contributed by atoms with Gasteiger partial charge in [0.05, 0.1) is 14.2 Å². The lowest BCUT2D eigenvalue weighted by atomic mass is 10.1. The molecule has 2 aromatic rings. The highest BCUT2D eigenvalue weighted by Crippen LogP contribution is 2.25. The summed E-state index contributed by atoms with van der Waals surface area (Å²) in [5.41, 5.74) is 6.86. The molecule has 0 unspecified atom stereocenters. The number of carbonyl (C=O) groups is 2. The summed E-state index contributed by atoms with van der Waals surface area (Å²) in [5, 5.41) is 2.69. The Morgan fingerprint density at radius 3 is 2.33 bits per heavy atom. The van der Waals surface area contributed by atoms with E-state index < -0.39 is 5.91 Å². The van der Waals surface area contributed by atoms with Gasteiger partial charge >= 0.3 is 0 Å². The van der Waals surface area contributed by atoms with Crippen LogP contribution in [0.2, 0.25) is 0 Å². The van der Waals surface area contributed by atoms with E-state index in [0.717, 1.165) is 5.56 Å². The lowest BCUT2D eigenvalue weighted by Gasteiger charge is -2.07. The van der Waals surface area contributed by atoms with Gasteiger partial charge in [0.1, 0.15) is 11.5 Å². The first-order valence-corrected chi connectivity index (χ1v) is 7.14. The van der Waals surface area contributed by atoms with Gasteiger partial charge in [0.25, 0.3) is 0 Å². The van der Waals surface area contributed by atoms with E-state index in [2.05, 4.69) is 5.32 Å². The van der Waals surface area contributed by atoms with Crippen molar-refractivity contribution in [1.82, 2.24) is 0 Å². The molecule has 6 heteroatoms. The number of rotatable bonds is 6. The molecule has 2 rings (SSSR count). The van der Waals surface area contributed by atoms with Crippen LogP contribution in [-0.4, -0.2) is 26.0 Å². The Morgan fingerprint density at radius 1 is 1.04 bits per heavy atom. The first kappa shape index (κ1) is 17.1. The van der Waals surface area contributed by atoms with Crippen molar-refractivity contribution in [3.8, 4) is 11.5 Å². The summed E-state index contributed by atoms with van der Waals surface area (Å²) < 4.78 is 10.4. The number of methoxy groups -OCH3 is 2. The maximum Gasteiger partial charge on any atom is 0.248 e. The fourth-order valence-corrected chi connectivity index (χ4v) is 2.02. The summed E-state index contributed by atoms with van der Waals surface area (Å²) in [6.45, 7) is 0. The van der Waals surface area contributed by atoms with Crippen LogP contribution in [0, 0.1) is 0 Å². The van der Waals surface area contributed by atoms with E-state index in [1.54, 1.807) is 62.8 Å². The van der Waals surface area contributed by atoms with Crippen molar-refractivity contribution in [2.24, 2.45) is 5.73 Å². The minimum atomic E-state index is -0.514. The monoisotopic (exact) mass is 326 g/mol. The molecule has 0 spiro atoms. The zero-order valence-electron chi connectivity index (χ0n) is 13.4. The molecule has 0 aliphatic rings. The van der Waals surface area contributed by atoms with Crippen molar-refractivity contribution in [3.63, 3.8) is 0 Å². The number of carbonyl (C=O) groups excluding carboxylic acids is 2. The number of anilines is 1. The summed E-state index contributed by atoms with van der Waals surface area (Å²) >= 11 is 0. The fourth-order valence-electron chi connectivity index (χ4n) is 2.02. The zero-order valence-corrected chi connectivity index (χ0v) is 13.4. The Morgan fingerprint density at radius 2 is 1.75 bits per heavy atom. The molecule has 0 bridgehead atoms. The second-order valence-electron chi connectivity index (χ2n) is 4.87. The van der Waals surface area contributed by atoms with Gasteiger partial charge in [0.15, 0.2) is 0 Å². The van der Waals surface area contributed by atoms with Crippen LogP contribution in [0.4, 0.5) is 5.69 Å². The Kier molecular flexibility index (Phi) is 5.57. The van der Waals surface area contributed by atoms with E-state index in [0.29, 0.717) is 22.7 Å². The quantitative estimate of drug-likeness (QED) is 0.798. The standard InChI is InChI=1S/C18H18N2O4/c1-23-15-9-5-12(16(11-15)24-2)6-10-17(21)20-14-7-3-13(4-8-14)18(19)22/h3-11H,1-2H3,(H2,19,22)(H,20,21)/b10-6+. The van der Waals surface area contributed by atoms with Crippen LogP contribution in [0.15, 0.2) is 48.5 Å². The second kappa shape index (κ2) is 7.82. The molecular weight excluding hydrogens is 308 g/mol. The Labute approximate surface area is 139 Å². The summed E-state index contributed by atoms with van der Waals surface area (Å²) in [5.74, 6) is 0.450. The summed E-state index contributed by atoms with van der Waals surface area (Å²) in [6, 6.07) is 11.6. The maximum atomic E-state index is 12.0. The van der Waals surface area contributed by atoms with Gasteiger partial charge in [0.2, 0.25) is 11.8 Å². The number of hydrogen-bond acceptors (Lipinski definition) is 4. The molecule has 3 N–H and O–H groups in total. The smallest absolute Gasteiger partial charge is 0.248 e. The van der Waals surface area contributed by atoms with Gasteiger partial charge in [-0.25, -0.2) is 0 Å². The predicted octanol–water partition coefficient (Wildman–Crippen LogP) is 2.45. The van der Waals surface area contributed by atoms with Crippen molar-refractivity contribution in [3.05, 3.63) is 59.7 Å². The highest BCUT2D eigenvalue weighted by Gasteiger charge is 2.04. The number of ether oxygens (including phenoxy) is 2. The van der Waals surface area contributed by atoms with E-state index in [1.165, 1.54) is 6.08 Å². The predicted molar refractivity (Wildman–Crippen MR) is 92.2 cm³/mol. The third kappa shape index (κ3) is 4.36. The normalized spacial score (nSPS) is 10.4. The molecule has 2 amide bonds. The van der Waals surface area contributed by atoms with Crippen molar-refractivity contribution >= 4 is 23.6 Å². The molecule has 24 heavy (non-hydrogen) atoms. The van der Waals surface area contributed by atoms with Crippen LogP contribution in [0.1, 0.15) is 15.9 Å². The third-order valence-corrected chi connectivity index (χ3v) is 3.29. The van der Waals surface area contributed by atoms with Crippen LogP contribution in [-0.2, 0) is 4.79 Å². The van der Waals surface area contributed by atoms with Crippen molar-refractivity contribution in [1.29, 1.82) is 0 Å². The molecule has 0 aromatic heterocycles. The van der Waals surface area contributed by atoms with Gasteiger partial charge in [-0.3, -0.25) is 9.59 Å². The molecule has 0 radical (unpaired) electrons. The molecule has 0 aliphatic heterocycles. The third-order valence-electron chi connectivity index (χ3n) is 3.29. The SMILES string of the molecule is COc1ccc(/C=C/C(=O)Nc2ccc(C(N)=O)cc2)c(OC)c1. The number of hydrogen-bond donors (Lipinski definition) is 2. The van der Waals surface area contributed by atoms with E-state index in [9.17, 15) is 9.59 Å².